The van der Waals surface area contributed by atoms with Gasteiger partial charge in [0.2, 0.25) is 5.91 Å². The Kier molecular flexibility index (Phi) is 6.27. The van der Waals surface area contributed by atoms with Gasteiger partial charge in [0.25, 0.3) is 0 Å². The Labute approximate surface area is 118 Å². The molecule has 4 heteroatoms. The maximum atomic E-state index is 11.7. The quantitative estimate of drug-likeness (QED) is 0.636. The lowest BCUT2D eigenvalue weighted by molar-refractivity contribution is -0.124. The topological polar surface area (TPSA) is 58.4 Å². The summed E-state index contributed by atoms with van der Waals surface area (Å²) >= 11 is 0. The fourth-order valence-corrected chi connectivity index (χ4v) is 2.53. The molecule has 1 fully saturated rings. The summed E-state index contributed by atoms with van der Waals surface area (Å²) in [5.74, 6) is -0.217. The molecule has 2 unspecified atom stereocenters. The highest BCUT2D eigenvalue weighted by Gasteiger charge is 2.36. The normalized spacial score (nSPS) is 20.3. The predicted molar refractivity (Wildman–Crippen MR) is 80.0 cm³/mol. The lowest BCUT2D eigenvalue weighted by Crippen LogP contribution is -2.54. The van der Waals surface area contributed by atoms with Gasteiger partial charge >= 0.3 is 0 Å². The van der Waals surface area contributed by atoms with E-state index in [2.05, 4.69) is 31.0 Å². The molecular formula is C15H31N3O. The summed E-state index contributed by atoms with van der Waals surface area (Å²) in [5, 5.41) is 3.41. The molecule has 0 bridgehead atoms. The Bertz CT molecular complexity index is 291. The van der Waals surface area contributed by atoms with E-state index in [4.69, 9.17) is 5.73 Å². The van der Waals surface area contributed by atoms with Crippen LogP contribution >= 0.6 is 0 Å². The molecule has 0 aromatic heterocycles. The Morgan fingerprint density at radius 3 is 2.53 bits per heavy atom. The van der Waals surface area contributed by atoms with Crippen molar-refractivity contribution >= 4 is 5.91 Å². The zero-order valence-electron chi connectivity index (χ0n) is 13.0. The third-order valence-electron chi connectivity index (χ3n) is 4.39. The molecule has 0 aliphatic heterocycles. The molecule has 4 nitrogen and oxygen atoms in total. The molecule has 0 heterocycles. The minimum atomic E-state index is -0.532. The van der Waals surface area contributed by atoms with Crippen molar-refractivity contribution in [2.45, 2.75) is 77.4 Å². The second kappa shape index (κ2) is 7.25. The highest BCUT2D eigenvalue weighted by atomic mass is 16.1. The van der Waals surface area contributed by atoms with Crippen molar-refractivity contribution in [3.8, 4) is 0 Å². The predicted octanol–water partition coefficient (Wildman–Crippen LogP) is 1.88. The minimum absolute atomic E-state index is 0.217. The molecule has 1 rings (SSSR count). The van der Waals surface area contributed by atoms with Crippen molar-refractivity contribution in [1.29, 1.82) is 0 Å². The summed E-state index contributed by atoms with van der Waals surface area (Å²) in [7, 11) is 0. The van der Waals surface area contributed by atoms with Crippen LogP contribution < -0.4 is 11.1 Å². The molecule has 112 valence electrons. The molecule has 0 saturated heterocycles. The molecular weight excluding hydrogens is 238 g/mol. The average Bonchev–Trinajstić information content (AvgIpc) is 3.17. The first-order chi connectivity index (χ1) is 8.92. The Balaban J connectivity index is 2.40. The van der Waals surface area contributed by atoms with E-state index < -0.39 is 5.54 Å². The monoisotopic (exact) mass is 269 g/mol. The van der Waals surface area contributed by atoms with E-state index in [9.17, 15) is 4.79 Å². The van der Waals surface area contributed by atoms with Crippen LogP contribution in [0.5, 0.6) is 0 Å². The number of nitrogens with zero attached hydrogens (tertiary/aromatic N) is 1. The van der Waals surface area contributed by atoms with Gasteiger partial charge in [0.15, 0.2) is 0 Å². The molecule has 0 aromatic rings. The van der Waals surface area contributed by atoms with Gasteiger partial charge in [-0.1, -0.05) is 13.8 Å². The molecule has 1 amide bonds. The van der Waals surface area contributed by atoms with Gasteiger partial charge in [0.1, 0.15) is 0 Å². The van der Waals surface area contributed by atoms with Crippen LogP contribution in [-0.4, -0.2) is 41.5 Å². The number of hydrogen-bond donors (Lipinski definition) is 2. The molecule has 1 saturated carbocycles. The Hall–Kier alpha value is -0.610. The van der Waals surface area contributed by atoms with Crippen molar-refractivity contribution in [2.24, 2.45) is 5.73 Å². The number of carbonyl (C=O) groups excluding carboxylic acids is 1. The van der Waals surface area contributed by atoms with Gasteiger partial charge in [0.05, 0.1) is 5.54 Å². The van der Waals surface area contributed by atoms with E-state index in [1.54, 1.807) is 0 Å². The van der Waals surface area contributed by atoms with Crippen LogP contribution in [-0.2, 0) is 4.79 Å². The number of amides is 1. The summed E-state index contributed by atoms with van der Waals surface area (Å²) in [6.45, 7) is 10.7. The van der Waals surface area contributed by atoms with Crippen molar-refractivity contribution in [3.63, 3.8) is 0 Å². The summed E-state index contributed by atoms with van der Waals surface area (Å²) in [4.78, 5) is 14.1. The van der Waals surface area contributed by atoms with E-state index in [-0.39, 0.29) is 5.91 Å². The fraction of sp³-hybridized carbons (Fsp3) is 0.933. The fourth-order valence-electron chi connectivity index (χ4n) is 2.53. The third-order valence-corrected chi connectivity index (χ3v) is 4.39. The van der Waals surface area contributed by atoms with Gasteiger partial charge in [-0.15, -0.1) is 0 Å². The lowest BCUT2D eigenvalue weighted by Gasteiger charge is -2.31. The Morgan fingerprint density at radius 1 is 1.47 bits per heavy atom. The lowest BCUT2D eigenvalue weighted by atomic mass is 9.94. The zero-order valence-corrected chi connectivity index (χ0v) is 13.0. The number of nitrogens with one attached hydrogen (secondary N) is 1. The van der Waals surface area contributed by atoms with Crippen LogP contribution in [0.4, 0.5) is 0 Å². The summed E-state index contributed by atoms with van der Waals surface area (Å²) in [6.07, 6.45) is 5.36. The standard InChI is InChI=1S/C15H31N3O/c1-5-12(3)18(6-2)11-7-10-15(4,14(16)19)17-13-8-9-13/h12-13,17H,5-11H2,1-4H3,(H2,16,19). The van der Waals surface area contributed by atoms with Gasteiger partial charge in [-0.25, -0.2) is 0 Å². The minimum Gasteiger partial charge on any atom is -0.368 e. The van der Waals surface area contributed by atoms with Crippen LogP contribution in [0.15, 0.2) is 0 Å². The maximum absolute atomic E-state index is 11.7. The number of hydrogen-bond acceptors (Lipinski definition) is 3. The van der Waals surface area contributed by atoms with Gasteiger partial charge in [-0.2, -0.15) is 0 Å². The van der Waals surface area contributed by atoms with Gasteiger partial charge < -0.3 is 16.0 Å². The summed E-state index contributed by atoms with van der Waals surface area (Å²) < 4.78 is 0. The number of nitrogens with two attached hydrogens (primary N) is 1. The van der Waals surface area contributed by atoms with Crippen molar-refractivity contribution in [3.05, 3.63) is 0 Å². The highest BCUT2D eigenvalue weighted by molar-refractivity contribution is 5.84. The number of rotatable bonds is 10. The maximum Gasteiger partial charge on any atom is 0.237 e. The molecule has 0 spiro atoms. The highest BCUT2D eigenvalue weighted by Crippen LogP contribution is 2.24. The molecule has 3 N–H and O–H groups in total. The molecule has 1 aliphatic carbocycles. The van der Waals surface area contributed by atoms with Crippen molar-refractivity contribution in [2.75, 3.05) is 13.1 Å². The molecule has 0 radical (unpaired) electrons. The largest absolute Gasteiger partial charge is 0.368 e. The van der Waals surface area contributed by atoms with Crippen LogP contribution in [0.1, 0.15) is 59.8 Å². The number of primary amides is 1. The van der Waals surface area contributed by atoms with E-state index in [1.165, 1.54) is 19.3 Å². The second-order valence-electron chi connectivity index (χ2n) is 6.10. The van der Waals surface area contributed by atoms with Gasteiger partial charge in [0, 0.05) is 12.1 Å². The van der Waals surface area contributed by atoms with Crippen molar-refractivity contribution < 1.29 is 4.79 Å². The van der Waals surface area contributed by atoms with E-state index in [0.717, 1.165) is 25.9 Å². The summed E-state index contributed by atoms with van der Waals surface area (Å²) in [5.41, 5.74) is 5.04. The molecule has 0 aromatic carbocycles. The van der Waals surface area contributed by atoms with Gasteiger partial charge in [-0.05, 0) is 59.0 Å². The first-order valence-corrected chi connectivity index (χ1v) is 7.74. The first-order valence-electron chi connectivity index (χ1n) is 7.74. The van der Waals surface area contributed by atoms with E-state index in [0.29, 0.717) is 12.1 Å². The Morgan fingerprint density at radius 2 is 2.11 bits per heavy atom. The van der Waals surface area contributed by atoms with Gasteiger partial charge in [-0.3, -0.25) is 4.79 Å². The van der Waals surface area contributed by atoms with Crippen molar-refractivity contribution in [1.82, 2.24) is 10.2 Å². The molecule has 1 aliphatic rings. The third kappa shape index (κ3) is 5.11. The first kappa shape index (κ1) is 16.4. The second-order valence-corrected chi connectivity index (χ2v) is 6.10. The van der Waals surface area contributed by atoms with Crippen LogP contribution in [0.25, 0.3) is 0 Å². The molecule has 19 heavy (non-hydrogen) atoms. The average molecular weight is 269 g/mol. The number of carbonyl (C=O) groups is 1. The van der Waals surface area contributed by atoms with Crippen LogP contribution in [0.2, 0.25) is 0 Å². The SMILES string of the molecule is CCC(C)N(CC)CCCC(C)(NC1CC1)C(N)=O. The molecule has 2 atom stereocenters. The smallest absolute Gasteiger partial charge is 0.237 e. The van der Waals surface area contributed by atoms with E-state index in [1.807, 2.05) is 6.92 Å². The summed E-state index contributed by atoms with van der Waals surface area (Å²) in [6, 6.07) is 1.12. The van der Waals surface area contributed by atoms with E-state index >= 15 is 0 Å². The zero-order chi connectivity index (χ0) is 14.5. The van der Waals surface area contributed by atoms with Crippen LogP contribution in [0, 0.1) is 0 Å². The van der Waals surface area contributed by atoms with Crippen LogP contribution in [0.3, 0.4) is 0 Å².